The average Bonchev–Trinajstić information content (AvgIpc) is 2.29. The molecule has 0 saturated heterocycles. The molecule has 1 atom stereocenters. The van der Waals surface area contributed by atoms with E-state index >= 15 is 0 Å². The molecule has 0 saturated carbocycles. The van der Waals surface area contributed by atoms with Crippen LogP contribution >= 0.6 is 13.6 Å². The third kappa shape index (κ3) is 9.01. The monoisotopic (exact) mass is 384 g/mol. The molecule has 18 heavy (non-hydrogen) atoms. The van der Waals surface area contributed by atoms with Crippen molar-refractivity contribution in [3.05, 3.63) is 12.7 Å². The van der Waals surface area contributed by atoms with E-state index in [1.807, 2.05) is 0 Å². The van der Waals surface area contributed by atoms with E-state index in [4.69, 9.17) is 11.0 Å². The quantitative estimate of drug-likeness (QED) is 0.306. The van der Waals surface area contributed by atoms with E-state index in [-0.39, 0.29) is 11.1 Å². The summed E-state index contributed by atoms with van der Waals surface area (Å²) in [6.45, 7) is 19.2. The summed E-state index contributed by atoms with van der Waals surface area (Å²) in [5, 5.41) is 0.263. The van der Waals surface area contributed by atoms with Crippen LogP contribution in [0.5, 0.6) is 0 Å². The molecular formula is C14H29BrOSiZn. The van der Waals surface area contributed by atoms with Gasteiger partial charge in [0.15, 0.2) is 8.32 Å². The van der Waals surface area contributed by atoms with Gasteiger partial charge in [-0.25, -0.2) is 6.08 Å². The predicted octanol–water partition coefficient (Wildman–Crippen LogP) is 5.79. The van der Waals surface area contributed by atoms with Crippen LogP contribution < -0.4 is 0 Å². The summed E-state index contributed by atoms with van der Waals surface area (Å²) in [7, 11) is -1.66. The van der Waals surface area contributed by atoms with Gasteiger partial charge in [-0.15, -0.1) is 0 Å². The molecule has 1 nitrogen and oxygen atoms in total. The normalized spacial score (nSPS) is 13.6. The topological polar surface area (TPSA) is 9.23 Å². The van der Waals surface area contributed by atoms with Crippen LogP contribution in [-0.4, -0.2) is 14.4 Å². The minimum absolute atomic E-state index is 0.146. The first-order chi connectivity index (χ1) is 8.24. The van der Waals surface area contributed by atoms with Crippen molar-refractivity contribution in [2.75, 3.05) is 0 Å². The van der Waals surface area contributed by atoms with Gasteiger partial charge in [-0.3, -0.25) is 0 Å². The van der Waals surface area contributed by atoms with Gasteiger partial charge in [0.2, 0.25) is 0 Å². The second kappa shape index (κ2) is 10.8. The molecule has 0 aliphatic carbocycles. The van der Waals surface area contributed by atoms with E-state index in [2.05, 4.69) is 54.4 Å². The van der Waals surface area contributed by atoms with E-state index in [9.17, 15) is 0 Å². The Morgan fingerprint density at radius 1 is 1.28 bits per heavy atom. The molecule has 0 aromatic heterocycles. The van der Waals surface area contributed by atoms with Gasteiger partial charge in [0.25, 0.3) is 0 Å². The molecule has 0 bridgehead atoms. The van der Waals surface area contributed by atoms with Crippen LogP contribution in [0.1, 0.15) is 53.4 Å². The predicted molar refractivity (Wildman–Crippen MR) is 84.0 cm³/mol. The zero-order valence-electron chi connectivity index (χ0n) is 13.1. The van der Waals surface area contributed by atoms with Gasteiger partial charge >= 0.3 is 30.0 Å². The SMILES string of the molecule is [CH-]=CC(CCCCC)O[Si](C)(C)C(C)(C)C.[Zn+][Br]. The molecule has 4 heteroatoms. The molecule has 0 radical (unpaired) electrons. The minimum atomic E-state index is -1.66. The number of rotatable bonds is 7. The van der Waals surface area contributed by atoms with Crippen molar-refractivity contribution in [2.45, 2.75) is 77.6 Å². The Morgan fingerprint density at radius 3 is 2.11 bits per heavy atom. The van der Waals surface area contributed by atoms with E-state index in [1.54, 1.807) is 6.08 Å². The van der Waals surface area contributed by atoms with Crippen LogP contribution in [0.3, 0.4) is 0 Å². The van der Waals surface area contributed by atoms with Crippen LogP contribution in [-0.2, 0) is 20.8 Å². The molecule has 0 aliphatic rings. The molecule has 1 unspecified atom stereocenters. The van der Waals surface area contributed by atoms with Gasteiger partial charge in [-0.2, -0.15) is 0 Å². The van der Waals surface area contributed by atoms with Crippen molar-refractivity contribution in [1.29, 1.82) is 0 Å². The summed E-state index contributed by atoms with van der Waals surface area (Å²) in [6, 6.07) is 0. The first kappa shape index (κ1) is 21.3. The Balaban J connectivity index is 0. The van der Waals surface area contributed by atoms with Crippen LogP contribution in [0.2, 0.25) is 18.1 Å². The number of hydrogen-bond acceptors (Lipinski definition) is 1. The van der Waals surface area contributed by atoms with Gasteiger partial charge in [-0.05, 0) is 24.6 Å². The number of unbranched alkanes of at least 4 members (excludes halogenated alkanes) is 2. The fraction of sp³-hybridized carbons (Fsp3) is 0.857. The van der Waals surface area contributed by atoms with E-state index in [0.29, 0.717) is 0 Å². The molecule has 0 heterocycles. The fourth-order valence-electron chi connectivity index (χ4n) is 1.35. The van der Waals surface area contributed by atoms with Gasteiger partial charge in [0.1, 0.15) is 0 Å². The zero-order chi connectivity index (χ0) is 14.8. The Kier molecular flexibility index (Phi) is 12.8. The molecule has 0 N–H and O–H groups in total. The van der Waals surface area contributed by atoms with Crippen molar-refractivity contribution in [1.82, 2.24) is 0 Å². The maximum absolute atomic E-state index is 6.26. The summed E-state index contributed by atoms with van der Waals surface area (Å²) in [6.07, 6.45) is 6.67. The first-order valence-electron chi connectivity index (χ1n) is 6.74. The molecule has 0 aliphatic heterocycles. The Morgan fingerprint density at radius 2 is 1.78 bits per heavy atom. The molecule has 0 amide bonds. The Bertz CT molecular complexity index is 214. The molecule has 0 aromatic rings. The van der Waals surface area contributed by atoms with Gasteiger partial charge in [0, 0.05) is 6.10 Å². The maximum atomic E-state index is 6.26. The fourth-order valence-corrected chi connectivity index (χ4v) is 2.65. The van der Waals surface area contributed by atoms with Crippen molar-refractivity contribution in [2.24, 2.45) is 0 Å². The van der Waals surface area contributed by atoms with Crippen molar-refractivity contribution in [3.8, 4) is 0 Å². The number of hydrogen-bond donors (Lipinski definition) is 0. The second-order valence-electron chi connectivity index (χ2n) is 6.10. The molecule has 0 fully saturated rings. The summed E-state index contributed by atoms with van der Waals surface area (Å²) in [5.74, 6) is 0. The zero-order valence-corrected chi connectivity index (χ0v) is 18.6. The summed E-state index contributed by atoms with van der Waals surface area (Å²) in [4.78, 5) is 0. The van der Waals surface area contributed by atoms with Crippen molar-refractivity contribution < 1.29 is 20.8 Å². The molecule has 104 valence electrons. The van der Waals surface area contributed by atoms with Crippen LogP contribution in [0.15, 0.2) is 6.08 Å². The molecule has 0 spiro atoms. The van der Waals surface area contributed by atoms with Crippen molar-refractivity contribution >= 4 is 21.9 Å². The third-order valence-corrected chi connectivity index (χ3v) is 8.06. The molecular weight excluding hydrogens is 358 g/mol. The Hall–Kier alpha value is 1.02. The Labute approximate surface area is 132 Å². The third-order valence-electron chi connectivity index (χ3n) is 3.56. The first-order valence-corrected chi connectivity index (χ1v) is 16.6. The average molecular weight is 387 g/mol. The van der Waals surface area contributed by atoms with Crippen LogP contribution in [0.4, 0.5) is 0 Å². The molecule has 0 aromatic carbocycles. The van der Waals surface area contributed by atoms with E-state index < -0.39 is 8.32 Å². The standard InChI is InChI=1S/C14H29OSi.BrH.Zn/c1-8-10-11-12-13(9-2)15-16(6,7)14(3,4)5;;/h2,9,13H,8,10-12H2,1,3-7H3;1H;/q-1;;+2/p-1. The van der Waals surface area contributed by atoms with Gasteiger partial charge in [-0.1, -0.05) is 47.0 Å². The van der Waals surface area contributed by atoms with Gasteiger partial charge in [0.05, 0.1) is 0 Å². The summed E-state index contributed by atoms with van der Waals surface area (Å²) >= 11 is 4.25. The summed E-state index contributed by atoms with van der Waals surface area (Å²) in [5.41, 5.74) is 0. The summed E-state index contributed by atoms with van der Waals surface area (Å²) < 4.78 is 6.26. The van der Waals surface area contributed by atoms with Gasteiger partial charge < -0.3 is 11.0 Å². The van der Waals surface area contributed by atoms with E-state index in [1.165, 1.54) is 35.6 Å². The second-order valence-corrected chi connectivity index (χ2v) is 10.9. The van der Waals surface area contributed by atoms with Crippen LogP contribution in [0.25, 0.3) is 0 Å². The van der Waals surface area contributed by atoms with Crippen LogP contribution in [0, 0.1) is 6.58 Å². The number of halogens is 1. The van der Waals surface area contributed by atoms with Crippen molar-refractivity contribution in [3.63, 3.8) is 0 Å². The van der Waals surface area contributed by atoms with E-state index in [0.717, 1.165) is 6.42 Å². The molecule has 0 rings (SSSR count).